The normalized spacial score (nSPS) is 12.9. The van der Waals surface area contributed by atoms with Gasteiger partial charge in [0, 0.05) is 16.3 Å². The van der Waals surface area contributed by atoms with Crippen LogP contribution in [0.2, 0.25) is 0 Å². The summed E-state index contributed by atoms with van der Waals surface area (Å²) < 4.78 is 1.14. The lowest BCUT2D eigenvalue weighted by Crippen LogP contribution is -2.39. The average Bonchev–Trinajstić information content (AvgIpc) is 2.78. The number of hydrogen-bond acceptors (Lipinski definition) is 4. The predicted octanol–water partition coefficient (Wildman–Crippen LogP) is 2.58. The van der Waals surface area contributed by atoms with Crippen LogP contribution in [0.3, 0.4) is 0 Å². The Bertz CT molecular complexity index is 550. The number of hydrogen-bond donors (Lipinski definition) is 1. The van der Waals surface area contributed by atoms with Crippen LogP contribution in [0.1, 0.15) is 13.3 Å². The minimum Gasteiger partial charge on any atom is -0.309 e. The molecular formula is C13H17N3OS. The van der Waals surface area contributed by atoms with E-state index in [4.69, 9.17) is 0 Å². The van der Waals surface area contributed by atoms with Gasteiger partial charge in [0.15, 0.2) is 0 Å². The third kappa shape index (κ3) is 2.52. The SMILES string of the molecule is CC[C@H](C(=O)Nc1nccc2sccc12)N(C)C. The number of amides is 1. The molecule has 2 aromatic heterocycles. The van der Waals surface area contributed by atoms with Crippen LogP contribution in [-0.2, 0) is 4.79 Å². The maximum atomic E-state index is 12.2. The van der Waals surface area contributed by atoms with Crippen LogP contribution < -0.4 is 5.32 Å². The molecule has 0 aliphatic rings. The number of carbonyl (C=O) groups is 1. The topological polar surface area (TPSA) is 45.2 Å². The third-order valence-corrected chi connectivity index (χ3v) is 3.82. The quantitative estimate of drug-likeness (QED) is 0.922. The zero-order chi connectivity index (χ0) is 13.1. The van der Waals surface area contributed by atoms with Gasteiger partial charge < -0.3 is 5.32 Å². The number of likely N-dealkylation sites (N-methyl/N-ethyl adjacent to an activating group) is 1. The van der Waals surface area contributed by atoms with Crippen LogP contribution in [0.25, 0.3) is 10.1 Å². The number of aromatic nitrogens is 1. The lowest BCUT2D eigenvalue weighted by atomic mass is 10.2. The van der Waals surface area contributed by atoms with Gasteiger partial charge in [-0.25, -0.2) is 4.98 Å². The Kier molecular flexibility index (Phi) is 3.93. The fraction of sp³-hybridized carbons (Fsp3) is 0.385. The Hall–Kier alpha value is -1.46. The van der Waals surface area contributed by atoms with Gasteiger partial charge in [0.05, 0.1) is 6.04 Å². The van der Waals surface area contributed by atoms with Gasteiger partial charge in [-0.05, 0) is 38.0 Å². The van der Waals surface area contributed by atoms with Gasteiger partial charge in [-0.15, -0.1) is 11.3 Å². The molecule has 1 N–H and O–H groups in total. The van der Waals surface area contributed by atoms with Crippen molar-refractivity contribution in [3.8, 4) is 0 Å². The number of nitrogens with zero attached hydrogens (tertiary/aromatic N) is 2. The van der Waals surface area contributed by atoms with E-state index in [-0.39, 0.29) is 11.9 Å². The first kappa shape index (κ1) is 13.0. The summed E-state index contributed by atoms with van der Waals surface area (Å²) in [7, 11) is 3.82. The second-order valence-corrected chi connectivity index (χ2v) is 5.32. The smallest absolute Gasteiger partial charge is 0.242 e. The lowest BCUT2D eigenvalue weighted by Gasteiger charge is -2.21. The molecule has 0 aliphatic carbocycles. The first-order chi connectivity index (χ1) is 8.63. The third-order valence-electron chi connectivity index (χ3n) is 2.93. The van der Waals surface area contributed by atoms with Crippen molar-refractivity contribution in [2.75, 3.05) is 19.4 Å². The molecule has 18 heavy (non-hydrogen) atoms. The van der Waals surface area contributed by atoms with Gasteiger partial charge in [0.1, 0.15) is 5.82 Å². The monoisotopic (exact) mass is 263 g/mol. The van der Waals surface area contributed by atoms with Gasteiger partial charge >= 0.3 is 0 Å². The molecule has 0 unspecified atom stereocenters. The molecule has 0 spiro atoms. The first-order valence-electron chi connectivity index (χ1n) is 5.93. The van der Waals surface area contributed by atoms with E-state index >= 15 is 0 Å². The summed E-state index contributed by atoms with van der Waals surface area (Å²) in [5.41, 5.74) is 0. The summed E-state index contributed by atoms with van der Waals surface area (Å²) in [5.74, 6) is 0.646. The van der Waals surface area contributed by atoms with Gasteiger partial charge in [-0.2, -0.15) is 0 Å². The van der Waals surface area contributed by atoms with E-state index in [1.807, 2.05) is 43.4 Å². The van der Waals surface area contributed by atoms with Crippen LogP contribution in [0, 0.1) is 0 Å². The molecule has 4 nitrogen and oxygen atoms in total. The molecule has 0 bridgehead atoms. The van der Waals surface area contributed by atoms with Gasteiger partial charge in [0.2, 0.25) is 5.91 Å². The minimum absolute atomic E-state index is 0.00583. The number of nitrogens with one attached hydrogen (secondary N) is 1. The highest BCUT2D eigenvalue weighted by atomic mass is 32.1. The number of fused-ring (bicyclic) bond motifs is 1. The van der Waals surface area contributed by atoms with Crippen LogP contribution >= 0.6 is 11.3 Å². The Labute approximate surface area is 111 Å². The number of anilines is 1. The van der Waals surface area contributed by atoms with Crippen LogP contribution in [0.5, 0.6) is 0 Å². The van der Waals surface area contributed by atoms with E-state index in [0.717, 1.165) is 16.5 Å². The van der Waals surface area contributed by atoms with E-state index in [9.17, 15) is 4.79 Å². The summed E-state index contributed by atoms with van der Waals surface area (Å²) in [5, 5.41) is 5.93. The van der Waals surface area contributed by atoms with E-state index < -0.39 is 0 Å². The number of pyridine rings is 1. The molecule has 0 saturated heterocycles. The number of rotatable bonds is 4. The summed E-state index contributed by atoms with van der Waals surface area (Å²) in [6.45, 7) is 2.00. The van der Waals surface area contributed by atoms with Crippen molar-refractivity contribution in [2.45, 2.75) is 19.4 Å². The number of thiophene rings is 1. The molecule has 0 radical (unpaired) electrons. The second kappa shape index (κ2) is 5.46. The summed E-state index contributed by atoms with van der Waals surface area (Å²) in [6.07, 6.45) is 2.50. The highest BCUT2D eigenvalue weighted by molar-refractivity contribution is 7.17. The fourth-order valence-electron chi connectivity index (χ4n) is 1.98. The van der Waals surface area contributed by atoms with E-state index in [0.29, 0.717) is 5.82 Å². The minimum atomic E-state index is -0.124. The predicted molar refractivity (Wildman–Crippen MR) is 76.0 cm³/mol. The molecule has 2 aromatic rings. The molecule has 0 fully saturated rings. The van der Waals surface area contributed by atoms with E-state index in [1.54, 1.807) is 17.5 Å². The molecule has 0 aliphatic heterocycles. The van der Waals surface area contributed by atoms with E-state index in [1.165, 1.54) is 0 Å². The number of carbonyl (C=O) groups excluding carboxylic acids is 1. The van der Waals surface area contributed by atoms with Crippen molar-refractivity contribution in [2.24, 2.45) is 0 Å². The lowest BCUT2D eigenvalue weighted by molar-refractivity contribution is -0.120. The first-order valence-corrected chi connectivity index (χ1v) is 6.81. The van der Waals surface area contributed by atoms with Gasteiger partial charge in [0.25, 0.3) is 0 Å². The van der Waals surface area contributed by atoms with Gasteiger partial charge in [-0.1, -0.05) is 6.92 Å². The zero-order valence-electron chi connectivity index (χ0n) is 10.8. The molecule has 5 heteroatoms. The van der Waals surface area contributed by atoms with E-state index in [2.05, 4.69) is 10.3 Å². The second-order valence-electron chi connectivity index (χ2n) is 4.37. The molecule has 2 heterocycles. The van der Waals surface area contributed by atoms with Crippen molar-refractivity contribution >= 4 is 33.1 Å². The summed E-state index contributed by atoms with van der Waals surface area (Å²) >= 11 is 1.65. The van der Waals surface area contributed by atoms with Crippen molar-refractivity contribution in [3.05, 3.63) is 23.7 Å². The van der Waals surface area contributed by atoms with Crippen LogP contribution in [0.15, 0.2) is 23.7 Å². The highest BCUT2D eigenvalue weighted by Crippen LogP contribution is 2.25. The molecule has 1 atom stereocenters. The van der Waals surface area contributed by atoms with Crippen molar-refractivity contribution in [1.29, 1.82) is 0 Å². The maximum Gasteiger partial charge on any atom is 0.242 e. The Balaban J connectivity index is 2.23. The zero-order valence-corrected chi connectivity index (χ0v) is 11.6. The molecule has 1 amide bonds. The Morgan fingerprint density at radius 2 is 2.28 bits per heavy atom. The molecular weight excluding hydrogens is 246 g/mol. The van der Waals surface area contributed by atoms with Crippen molar-refractivity contribution in [1.82, 2.24) is 9.88 Å². The van der Waals surface area contributed by atoms with Crippen molar-refractivity contribution < 1.29 is 4.79 Å². The van der Waals surface area contributed by atoms with Crippen LogP contribution in [0.4, 0.5) is 5.82 Å². The molecule has 2 rings (SSSR count). The Morgan fingerprint density at radius 1 is 1.50 bits per heavy atom. The Morgan fingerprint density at radius 3 is 2.94 bits per heavy atom. The van der Waals surface area contributed by atoms with Crippen LogP contribution in [-0.4, -0.2) is 35.9 Å². The van der Waals surface area contributed by atoms with Crippen molar-refractivity contribution in [3.63, 3.8) is 0 Å². The van der Waals surface area contributed by atoms with Gasteiger partial charge in [-0.3, -0.25) is 9.69 Å². The molecule has 0 saturated carbocycles. The molecule has 96 valence electrons. The summed E-state index contributed by atoms with van der Waals surface area (Å²) in [6, 6.07) is 3.82. The largest absolute Gasteiger partial charge is 0.309 e. The molecule has 0 aromatic carbocycles. The highest BCUT2D eigenvalue weighted by Gasteiger charge is 2.19. The average molecular weight is 263 g/mol. The summed E-state index contributed by atoms with van der Waals surface area (Å²) in [4.78, 5) is 18.3. The fourth-order valence-corrected chi connectivity index (χ4v) is 2.76. The maximum absolute atomic E-state index is 12.2. The standard InChI is InChI=1S/C13H17N3OS/c1-4-10(16(2)3)13(17)15-12-9-6-8-18-11(9)5-7-14-12/h5-8,10H,4H2,1-3H3,(H,14,15,17)/t10-/m1/s1.